The quantitative estimate of drug-likeness (QED) is 0.626. The highest BCUT2D eigenvalue weighted by molar-refractivity contribution is 9.10. The number of nitrogens with one attached hydrogen (secondary N) is 1. The molecule has 2 rings (SSSR count). The average Bonchev–Trinajstić information content (AvgIpc) is 2.98. The molecule has 0 fully saturated rings. The fourth-order valence-electron chi connectivity index (χ4n) is 1.53. The molecule has 7 nitrogen and oxygen atoms in total. The molecule has 1 aromatic heterocycles. The molecule has 0 radical (unpaired) electrons. The minimum Gasteiger partial charge on any atom is -0.497 e. The van der Waals surface area contributed by atoms with Gasteiger partial charge in [0.25, 0.3) is 5.89 Å². The Labute approximate surface area is 135 Å². The Balaban J connectivity index is 2.00. The average molecular weight is 368 g/mol. The monoisotopic (exact) mass is 367 g/mol. The number of methoxy groups -OCH3 is 1. The first-order chi connectivity index (χ1) is 10.6. The first kappa shape index (κ1) is 16.0. The lowest BCUT2D eigenvalue weighted by Gasteiger charge is -2.02. The largest absolute Gasteiger partial charge is 0.497 e. The van der Waals surface area contributed by atoms with E-state index >= 15 is 0 Å². The van der Waals surface area contributed by atoms with Crippen LogP contribution in [0.2, 0.25) is 0 Å². The number of hydrogen-bond donors (Lipinski definition) is 1. The highest BCUT2D eigenvalue weighted by atomic mass is 79.9. The van der Waals surface area contributed by atoms with Gasteiger partial charge in [0.05, 0.1) is 19.9 Å². The van der Waals surface area contributed by atoms with Crippen molar-refractivity contribution in [3.8, 4) is 11.7 Å². The van der Waals surface area contributed by atoms with Crippen molar-refractivity contribution in [3.63, 3.8) is 0 Å². The molecule has 1 N–H and O–H groups in total. The number of amides is 1. The predicted molar refractivity (Wildman–Crippen MR) is 83.4 cm³/mol. The summed E-state index contributed by atoms with van der Waals surface area (Å²) in [6, 6.07) is 5.41. The summed E-state index contributed by atoms with van der Waals surface area (Å²) in [4.78, 5) is 15.6. The second kappa shape index (κ2) is 7.60. The number of hydrazone groups is 1. The zero-order valence-corrected chi connectivity index (χ0v) is 13.6. The summed E-state index contributed by atoms with van der Waals surface area (Å²) in [6.07, 6.45) is 2.82. The first-order valence-corrected chi connectivity index (χ1v) is 7.19. The second-order valence-electron chi connectivity index (χ2n) is 4.00. The Hall–Kier alpha value is -2.35. The third-order valence-corrected chi connectivity index (χ3v) is 3.26. The van der Waals surface area contributed by atoms with Gasteiger partial charge in [-0.3, -0.25) is 4.79 Å². The van der Waals surface area contributed by atoms with E-state index in [1.54, 1.807) is 20.1 Å². The molecule has 1 amide bonds. The molecule has 116 valence electrons. The molecule has 0 unspecified atom stereocenters. The smallest absolute Gasteiger partial charge is 0.327 e. The molecule has 0 aliphatic heterocycles. The van der Waals surface area contributed by atoms with E-state index in [0.717, 1.165) is 10.0 Å². The summed E-state index contributed by atoms with van der Waals surface area (Å²) in [5.74, 6) is 0.184. The Morgan fingerprint density at radius 2 is 2.36 bits per heavy atom. The fourth-order valence-corrected chi connectivity index (χ4v) is 1.88. The van der Waals surface area contributed by atoms with Crippen molar-refractivity contribution < 1.29 is 18.7 Å². The van der Waals surface area contributed by atoms with Gasteiger partial charge < -0.3 is 13.9 Å². The lowest BCUT2D eigenvalue weighted by molar-refractivity contribution is 0.0912. The van der Waals surface area contributed by atoms with E-state index < -0.39 is 5.91 Å². The van der Waals surface area contributed by atoms with Crippen LogP contribution in [-0.2, 0) is 0 Å². The van der Waals surface area contributed by atoms with Crippen molar-refractivity contribution >= 4 is 28.1 Å². The van der Waals surface area contributed by atoms with Gasteiger partial charge in [-0.2, -0.15) is 5.10 Å². The molecule has 0 saturated carbocycles. The molecule has 22 heavy (non-hydrogen) atoms. The van der Waals surface area contributed by atoms with Gasteiger partial charge in [-0.25, -0.2) is 10.4 Å². The van der Waals surface area contributed by atoms with Crippen LogP contribution in [0.5, 0.6) is 11.7 Å². The minimum absolute atomic E-state index is 0.120. The maximum atomic E-state index is 11.8. The van der Waals surface area contributed by atoms with Crippen LogP contribution in [0.25, 0.3) is 0 Å². The standard InChI is InChI=1S/C14H14BrN3O4/c1-3-21-12-8-16-14(22-12)13(19)18-17-7-9-6-10(20-2)4-5-11(9)15/h4-8H,3H2,1-2H3,(H,18,19)/b17-7-. The Morgan fingerprint density at radius 3 is 3.09 bits per heavy atom. The van der Waals surface area contributed by atoms with Crippen LogP contribution >= 0.6 is 15.9 Å². The lowest BCUT2D eigenvalue weighted by Crippen LogP contribution is -2.17. The van der Waals surface area contributed by atoms with E-state index in [1.165, 1.54) is 12.4 Å². The Bertz CT molecular complexity index is 684. The molecule has 0 saturated heterocycles. The van der Waals surface area contributed by atoms with Crippen LogP contribution in [-0.4, -0.2) is 30.8 Å². The molecule has 1 heterocycles. The predicted octanol–water partition coefficient (Wildman–Crippen LogP) is 2.61. The van der Waals surface area contributed by atoms with Crippen molar-refractivity contribution in [1.29, 1.82) is 0 Å². The summed E-state index contributed by atoms with van der Waals surface area (Å²) < 4.78 is 16.1. The topological polar surface area (TPSA) is 86.0 Å². The molecule has 2 aromatic rings. The summed E-state index contributed by atoms with van der Waals surface area (Å²) in [5, 5.41) is 3.86. The summed E-state index contributed by atoms with van der Waals surface area (Å²) in [7, 11) is 1.57. The zero-order chi connectivity index (χ0) is 15.9. The van der Waals surface area contributed by atoms with E-state index in [0.29, 0.717) is 12.4 Å². The Morgan fingerprint density at radius 1 is 1.55 bits per heavy atom. The van der Waals surface area contributed by atoms with Gasteiger partial charge in [-0.15, -0.1) is 0 Å². The van der Waals surface area contributed by atoms with E-state index in [9.17, 15) is 4.79 Å². The lowest BCUT2D eigenvalue weighted by atomic mass is 10.2. The van der Waals surface area contributed by atoms with Gasteiger partial charge >= 0.3 is 11.9 Å². The summed E-state index contributed by atoms with van der Waals surface area (Å²) in [6.45, 7) is 2.23. The van der Waals surface area contributed by atoms with Gasteiger partial charge in [0, 0.05) is 10.0 Å². The first-order valence-electron chi connectivity index (χ1n) is 6.39. The van der Waals surface area contributed by atoms with Crippen LogP contribution in [0.4, 0.5) is 0 Å². The van der Waals surface area contributed by atoms with E-state index in [4.69, 9.17) is 13.9 Å². The third-order valence-electron chi connectivity index (χ3n) is 2.54. The van der Waals surface area contributed by atoms with Gasteiger partial charge in [0.1, 0.15) is 11.9 Å². The van der Waals surface area contributed by atoms with E-state index in [2.05, 4.69) is 31.4 Å². The maximum Gasteiger partial charge on any atom is 0.327 e. The number of ether oxygens (including phenoxy) is 2. The maximum absolute atomic E-state index is 11.8. The molecular formula is C14H14BrN3O4. The molecule has 0 aliphatic rings. The number of benzene rings is 1. The van der Waals surface area contributed by atoms with Crippen molar-refractivity contribution in [2.24, 2.45) is 5.10 Å². The molecule has 0 atom stereocenters. The zero-order valence-electron chi connectivity index (χ0n) is 12.0. The molecule has 0 spiro atoms. The van der Waals surface area contributed by atoms with Crippen LogP contribution in [0.1, 0.15) is 23.2 Å². The SMILES string of the molecule is CCOc1cnc(C(=O)N/N=C\c2cc(OC)ccc2Br)o1. The van der Waals surface area contributed by atoms with E-state index in [1.807, 2.05) is 12.1 Å². The van der Waals surface area contributed by atoms with Crippen molar-refractivity contribution in [3.05, 3.63) is 40.3 Å². The number of oxazole rings is 1. The van der Waals surface area contributed by atoms with Gasteiger partial charge in [-0.05, 0) is 25.1 Å². The van der Waals surface area contributed by atoms with Crippen LogP contribution < -0.4 is 14.9 Å². The van der Waals surface area contributed by atoms with Crippen LogP contribution in [0.3, 0.4) is 0 Å². The number of carbonyl (C=O) groups is 1. The second-order valence-corrected chi connectivity index (χ2v) is 4.86. The van der Waals surface area contributed by atoms with Gasteiger partial charge in [0.15, 0.2) is 0 Å². The number of carbonyl (C=O) groups excluding carboxylic acids is 1. The highest BCUT2D eigenvalue weighted by Crippen LogP contribution is 2.20. The Kier molecular flexibility index (Phi) is 5.54. The number of halogens is 1. The summed E-state index contributed by atoms with van der Waals surface area (Å²) in [5.41, 5.74) is 3.08. The van der Waals surface area contributed by atoms with E-state index in [-0.39, 0.29) is 11.8 Å². The molecule has 8 heteroatoms. The van der Waals surface area contributed by atoms with Crippen LogP contribution in [0.15, 0.2) is 38.4 Å². The third kappa shape index (κ3) is 4.08. The van der Waals surface area contributed by atoms with Gasteiger partial charge in [0.2, 0.25) is 0 Å². The normalized spacial score (nSPS) is 10.7. The molecule has 1 aromatic carbocycles. The minimum atomic E-state index is -0.568. The van der Waals surface area contributed by atoms with Crippen LogP contribution in [0, 0.1) is 0 Å². The van der Waals surface area contributed by atoms with Gasteiger partial charge in [-0.1, -0.05) is 15.9 Å². The number of aromatic nitrogens is 1. The van der Waals surface area contributed by atoms with Crippen molar-refractivity contribution in [2.75, 3.05) is 13.7 Å². The number of hydrogen-bond acceptors (Lipinski definition) is 6. The molecular weight excluding hydrogens is 354 g/mol. The van der Waals surface area contributed by atoms with Crippen molar-refractivity contribution in [2.45, 2.75) is 6.92 Å². The highest BCUT2D eigenvalue weighted by Gasteiger charge is 2.12. The number of nitrogens with zero attached hydrogens (tertiary/aromatic N) is 2. The summed E-state index contributed by atoms with van der Waals surface area (Å²) >= 11 is 3.39. The molecule has 0 aliphatic carbocycles. The number of rotatable bonds is 6. The molecule has 0 bridgehead atoms. The van der Waals surface area contributed by atoms with Crippen molar-refractivity contribution in [1.82, 2.24) is 10.4 Å². The fraction of sp³-hybridized carbons (Fsp3) is 0.214.